The van der Waals surface area contributed by atoms with Crippen molar-refractivity contribution in [1.29, 1.82) is 0 Å². The van der Waals surface area contributed by atoms with Crippen molar-refractivity contribution in [2.24, 2.45) is 12.5 Å². The van der Waals surface area contributed by atoms with E-state index in [2.05, 4.69) is 4.85 Å². The second kappa shape index (κ2) is 9.07. The Kier molecular flexibility index (Phi) is 4.37. The molecule has 3 nitrogen and oxygen atoms in total. The largest absolute Gasteiger partial charge is 0.456 e. The molecule has 0 unspecified atom stereocenters. The zero-order valence-electron chi connectivity index (χ0n) is 29.1. The smallest absolute Gasteiger partial charge is 0.216 e. The first kappa shape index (κ1) is 17.4. The Labute approximate surface area is 225 Å². The number of benzene rings is 2. The summed E-state index contributed by atoms with van der Waals surface area (Å²) in [7, 11) is 1.71. The molecule has 0 atom stereocenters. The van der Waals surface area contributed by atoms with Crippen LogP contribution in [0.1, 0.15) is 96.3 Å². The summed E-state index contributed by atoms with van der Waals surface area (Å²) in [4.78, 5) is 3.78. The maximum Gasteiger partial charge on any atom is 0.216 e. The van der Waals surface area contributed by atoms with E-state index >= 15 is 0 Å². The molecule has 1 saturated carbocycles. The van der Waals surface area contributed by atoms with Crippen LogP contribution in [0.15, 0.2) is 34.7 Å². The molecular weight excluding hydrogens is 440 g/mol. The van der Waals surface area contributed by atoms with Crippen LogP contribution in [0.25, 0.3) is 38.0 Å². The van der Waals surface area contributed by atoms with Crippen LogP contribution in [0.5, 0.6) is 0 Å². The normalized spacial score (nSPS) is 19.5. The topological polar surface area (TPSA) is 21.4 Å². The molecule has 0 radical (unpaired) electrons. The Bertz CT molecular complexity index is 1810. The summed E-state index contributed by atoms with van der Waals surface area (Å²) in [5.74, 6) is -0.833. The lowest BCUT2D eigenvalue weighted by Crippen LogP contribution is -2.36. The number of hydrogen-bond donors (Lipinski definition) is 0. The molecule has 0 spiro atoms. The highest BCUT2D eigenvalue weighted by Crippen LogP contribution is 2.44. The molecule has 2 aromatic carbocycles. The Morgan fingerprint density at radius 2 is 1.94 bits per heavy atom. The van der Waals surface area contributed by atoms with Gasteiger partial charge in [0.2, 0.25) is 5.69 Å². The highest BCUT2D eigenvalue weighted by Gasteiger charge is 2.27. The van der Waals surface area contributed by atoms with Gasteiger partial charge in [-0.2, -0.15) is 4.57 Å². The van der Waals surface area contributed by atoms with Gasteiger partial charge in [-0.15, -0.1) is 0 Å². The molecule has 2 heterocycles. The predicted molar refractivity (Wildman–Crippen MR) is 150 cm³/mol. The lowest BCUT2D eigenvalue weighted by atomic mass is 9.83. The van der Waals surface area contributed by atoms with Crippen LogP contribution in [0.3, 0.4) is 0 Å². The third-order valence-corrected chi connectivity index (χ3v) is 7.36. The van der Waals surface area contributed by atoms with Gasteiger partial charge in [-0.05, 0) is 67.1 Å². The van der Waals surface area contributed by atoms with Crippen LogP contribution in [-0.2, 0) is 13.4 Å². The molecule has 1 fully saturated rings. The summed E-state index contributed by atoms with van der Waals surface area (Å²) in [5, 5.41) is 1.55. The monoisotopic (exact) mass is 486 g/mol. The Balaban J connectivity index is 1.90. The van der Waals surface area contributed by atoms with Gasteiger partial charge in [0.15, 0.2) is 11.4 Å². The van der Waals surface area contributed by atoms with E-state index in [1.807, 2.05) is 25.1 Å². The first-order valence-corrected chi connectivity index (χ1v) is 12.8. The summed E-state index contributed by atoms with van der Waals surface area (Å²) < 4.78 is 70.0. The van der Waals surface area contributed by atoms with Gasteiger partial charge in [0, 0.05) is 37.5 Å². The first-order chi connectivity index (χ1) is 19.8. The molecule has 0 saturated heterocycles. The first-order valence-electron chi connectivity index (χ1n) is 16.3. The standard InChI is InChI=1S/C33H39N2O/c1-20-14-15-25-27-17-26(23-12-10-9-11-13-23)28(34-7)18-30(27)36-32(25)31(20)29-16-24(19-33(4,5)6)21(2)22(3)35(29)8/h14-18,23H,9-13,19H2,1-6,8H3/q+1/i2D3,16D,19D2,23D. The maximum absolute atomic E-state index is 9.42. The van der Waals surface area contributed by atoms with Gasteiger partial charge in [0.25, 0.3) is 0 Å². The predicted octanol–water partition coefficient (Wildman–Crippen LogP) is 9.19. The van der Waals surface area contributed by atoms with Gasteiger partial charge >= 0.3 is 0 Å². The molecule has 2 aromatic heterocycles. The molecule has 0 N–H and O–H groups in total. The summed E-state index contributed by atoms with van der Waals surface area (Å²) in [5.41, 5.74) is 2.93. The van der Waals surface area contributed by atoms with Crippen molar-refractivity contribution in [2.45, 2.75) is 85.8 Å². The summed E-state index contributed by atoms with van der Waals surface area (Å²) >= 11 is 0. The number of furan rings is 1. The van der Waals surface area contributed by atoms with E-state index in [1.165, 1.54) is 0 Å². The third-order valence-electron chi connectivity index (χ3n) is 7.36. The summed E-state index contributed by atoms with van der Waals surface area (Å²) in [6.45, 7) is 13.9. The number of pyridine rings is 1. The second-order valence-corrected chi connectivity index (χ2v) is 11.1. The van der Waals surface area contributed by atoms with Gasteiger partial charge in [-0.25, -0.2) is 4.85 Å². The molecule has 0 amide bonds. The van der Waals surface area contributed by atoms with E-state index in [4.69, 9.17) is 17.8 Å². The van der Waals surface area contributed by atoms with Crippen molar-refractivity contribution in [1.82, 2.24) is 0 Å². The quantitative estimate of drug-likeness (QED) is 0.209. The molecule has 3 heteroatoms. The van der Waals surface area contributed by atoms with Crippen LogP contribution in [-0.4, -0.2) is 0 Å². The Hall–Kier alpha value is -3.12. The van der Waals surface area contributed by atoms with Crippen LogP contribution < -0.4 is 4.57 Å². The summed E-state index contributed by atoms with van der Waals surface area (Å²) in [6, 6.07) is 7.33. The highest BCUT2D eigenvalue weighted by atomic mass is 16.3. The number of fused-ring (bicyclic) bond motifs is 3. The van der Waals surface area contributed by atoms with E-state index < -0.39 is 24.5 Å². The van der Waals surface area contributed by atoms with Crippen molar-refractivity contribution in [3.05, 3.63) is 69.7 Å². The van der Waals surface area contributed by atoms with Gasteiger partial charge < -0.3 is 4.42 Å². The highest BCUT2D eigenvalue weighted by molar-refractivity contribution is 6.10. The average molecular weight is 487 g/mol. The maximum atomic E-state index is 9.42. The fourth-order valence-corrected chi connectivity index (χ4v) is 5.37. The average Bonchev–Trinajstić information content (AvgIpc) is 3.27. The Morgan fingerprint density at radius 1 is 1.19 bits per heavy atom. The summed E-state index contributed by atoms with van der Waals surface area (Å²) in [6.07, 6.45) is 2.26. The van der Waals surface area contributed by atoms with E-state index in [0.717, 1.165) is 35.6 Å². The minimum atomic E-state index is -2.64. The van der Waals surface area contributed by atoms with Crippen molar-refractivity contribution >= 4 is 27.6 Å². The van der Waals surface area contributed by atoms with Crippen LogP contribution in [0.4, 0.5) is 5.69 Å². The molecule has 4 aromatic rings. The SMILES string of the molecule is [2H]c1c(C([2H])([2H])C(C)(C)C)c(C([2H])([2H])[2H])c(C)[n+](C)c1-c1c(C)ccc2c1oc1cc([N+]#[C-])c(C3([2H])CCCCC3)cc12. The number of hydrogen-bond acceptors (Lipinski definition) is 1. The van der Waals surface area contributed by atoms with Crippen molar-refractivity contribution < 1.29 is 18.6 Å². The van der Waals surface area contributed by atoms with Crippen molar-refractivity contribution in [3.8, 4) is 11.3 Å². The second-order valence-electron chi connectivity index (χ2n) is 11.1. The molecule has 5 rings (SSSR count). The fourth-order valence-electron chi connectivity index (χ4n) is 5.37. The van der Waals surface area contributed by atoms with Crippen LogP contribution in [0.2, 0.25) is 0 Å². The molecule has 186 valence electrons. The molecule has 0 aliphatic heterocycles. The van der Waals surface area contributed by atoms with Crippen LogP contribution >= 0.6 is 0 Å². The van der Waals surface area contributed by atoms with E-state index in [0.29, 0.717) is 52.2 Å². The van der Waals surface area contributed by atoms with Crippen molar-refractivity contribution in [2.75, 3.05) is 0 Å². The zero-order chi connectivity index (χ0) is 31.9. The molecular formula is C33H39N2O+. The Morgan fingerprint density at radius 3 is 2.61 bits per heavy atom. The number of aryl methyl sites for hydroxylation is 1. The lowest BCUT2D eigenvalue weighted by Gasteiger charge is -2.23. The number of nitrogens with zero attached hydrogens (tertiary/aromatic N) is 2. The minimum Gasteiger partial charge on any atom is -0.456 e. The molecule has 0 bridgehead atoms. The van der Waals surface area contributed by atoms with E-state index in [9.17, 15) is 2.74 Å². The third kappa shape index (κ3) is 4.21. The molecule has 1 aliphatic rings. The van der Waals surface area contributed by atoms with Crippen molar-refractivity contribution in [3.63, 3.8) is 0 Å². The van der Waals surface area contributed by atoms with E-state index in [-0.39, 0.29) is 17.2 Å². The van der Waals surface area contributed by atoms with E-state index in [1.54, 1.807) is 45.4 Å². The van der Waals surface area contributed by atoms with Crippen LogP contribution in [0, 0.1) is 32.7 Å². The zero-order valence-corrected chi connectivity index (χ0v) is 22.1. The lowest BCUT2D eigenvalue weighted by molar-refractivity contribution is -0.667. The number of aromatic nitrogens is 1. The minimum absolute atomic E-state index is 0.135. The molecule has 36 heavy (non-hydrogen) atoms. The van der Waals surface area contributed by atoms with Gasteiger partial charge in [-0.1, -0.05) is 58.2 Å². The fraction of sp³-hybridized carbons (Fsp3) is 0.455. The number of rotatable bonds is 3. The van der Waals surface area contributed by atoms with Gasteiger partial charge in [-0.3, -0.25) is 0 Å². The van der Waals surface area contributed by atoms with Gasteiger partial charge in [0.1, 0.15) is 18.2 Å². The van der Waals surface area contributed by atoms with Gasteiger partial charge in [0.05, 0.1) is 13.5 Å². The molecule has 1 aliphatic carbocycles.